The summed E-state index contributed by atoms with van der Waals surface area (Å²) < 4.78 is 0. The van der Waals surface area contributed by atoms with Gasteiger partial charge in [-0.15, -0.1) is 0 Å². The molecule has 1 amide bonds. The fourth-order valence-electron chi connectivity index (χ4n) is 2.52. The van der Waals surface area contributed by atoms with Crippen molar-refractivity contribution in [3.05, 3.63) is 28.2 Å². The van der Waals surface area contributed by atoms with Gasteiger partial charge in [-0.3, -0.25) is 9.59 Å². The van der Waals surface area contributed by atoms with Crippen LogP contribution in [-0.4, -0.2) is 38.8 Å². The van der Waals surface area contributed by atoms with Gasteiger partial charge < -0.3 is 10.0 Å². The van der Waals surface area contributed by atoms with Crippen LogP contribution in [0.2, 0.25) is 0 Å². The van der Waals surface area contributed by atoms with Crippen molar-refractivity contribution >= 4 is 5.91 Å². The van der Waals surface area contributed by atoms with Crippen LogP contribution >= 0.6 is 0 Å². The van der Waals surface area contributed by atoms with Gasteiger partial charge in [-0.1, -0.05) is 20.3 Å². The van der Waals surface area contributed by atoms with E-state index in [-0.39, 0.29) is 23.4 Å². The number of aliphatic hydroxyl groups is 1. The van der Waals surface area contributed by atoms with E-state index in [2.05, 4.69) is 10.2 Å². The first-order chi connectivity index (χ1) is 9.54. The Morgan fingerprint density at radius 2 is 2.35 bits per heavy atom. The number of carbonyl (C=O) groups excluding carboxylic acids is 1. The molecule has 3 atom stereocenters. The van der Waals surface area contributed by atoms with Gasteiger partial charge in [0.05, 0.1) is 11.7 Å². The molecule has 1 aromatic rings. The molecule has 1 saturated heterocycles. The van der Waals surface area contributed by atoms with Crippen molar-refractivity contribution in [2.75, 3.05) is 6.54 Å². The number of H-pyrrole nitrogens is 1. The first-order valence-corrected chi connectivity index (χ1v) is 7.08. The van der Waals surface area contributed by atoms with E-state index >= 15 is 0 Å². The number of amides is 1. The van der Waals surface area contributed by atoms with E-state index in [0.29, 0.717) is 12.2 Å². The lowest BCUT2D eigenvalue weighted by Gasteiger charge is -2.28. The lowest BCUT2D eigenvalue weighted by atomic mass is 10.0. The van der Waals surface area contributed by atoms with Crippen LogP contribution in [-0.2, 0) is 4.79 Å². The van der Waals surface area contributed by atoms with E-state index in [0.717, 1.165) is 19.3 Å². The largest absolute Gasteiger partial charge is 0.383 e. The van der Waals surface area contributed by atoms with Crippen molar-refractivity contribution in [1.29, 1.82) is 0 Å². The number of hydrogen-bond donors (Lipinski definition) is 2. The lowest BCUT2D eigenvalue weighted by molar-refractivity contribution is -0.143. The van der Waals surface area contributed by atoms with Gasteiger partial charge >= 0.3 is 0 Å². The highest BCUT2D eigenvalue weighted by Gasteiger charge is 2.35. The fraction of sp³-hybridized carbons (Fsp3) is 0.643. The molecule has 0 aromatic carbocycles. The van der Waals surface area contributed by atoms with Crippen molar-refractivity contribution in [2.24, 2.45) is 5.92 Å². The number of nitrogens with one attached hydrogen (secondary N) is 1. The number of aliphatic hydroxyl groups excluding tert-OH is 1. The molecule has 2 heterocycles. The third kappa shape index (κ3) is 2.90. The second-order valence-corrected chi connectivity index (χ2v) is 5.37. The molecule has 110 valence electrons. The zero-order valence-corrected chi connectivity index (χ0v) is 11.9. The predicted molar refractivity (Wildman–Crippen MR) is 74.0 cm³/mol. The van der Waals surface area contributed by atoms with Crippen LogP contribution < -0.4 is 5.56 Å². The second-order valence-electron chi connectivity index (χ2n) is 5.37. The van der Waals surface area contributed by atoms with Crippen molar-refractivity contribution in [3.8, 4) is 0 Å². The maximum atomic E-state index is 12.4. The van der Waals surface area contributed by atoms with Crippen LogP contribution in [0, 0.1) is 5.92 Å². The molecular weight excluding hydrogens is 258 g/mol. The average molecular weight is 279 g/mol. The molecule has 0 spiro atoms. The van der Waals surface area contributed by atoms with Gasteiger partial charge in [0.1, 0.15) is 6.10 Å². The summed E-state index contributed by atoms with van der Waals surface area (Å²) in [6.07, 6.45) is 1.47. The molecule has 2 N–H and O–H groups in total. The number of likely N-dealkylation sites (tertiary alicyclic amines) is 1. The van der Waals surface area contributed by atoms with Crippen LogP contribution in [0.5, 0.6) is 0 Å². The molecule has 2 rings (SSSR count). The first-order valence-electron chi connectivity index (χ1n) is 7.08. The summed E-state index contributed by atoms with van der Waals surface area (Å²) >= 11 is 0. The minimum absolute atomic E-state index is 0.0627. The van der Waals surface area contributed by atoms with Gasteiger partial charge in [-0.05, 0) is 24.8 Å². The SMILES string of the molecule is CCC(C)C(O)C(=O)N1CCCC1c1ccc(=O)[nH]n1. The van der Waals surface area contributed by atoms with E-state index in [1.807, 2.05) is 13.8 Å². The zero-order valence-electron chi connectivity index (χ0n) is 11.9. The number of aromatic amines is 1. The first kappa shape index (κ1) is 14.7. The maximum Gasteiger partial charge on any atom is 0.264 e. The average Bonchev–Trinajstić information content (AvgIpc) is 2.95. The summed E-state index contributed by atoms with van der Waals surface area (Å²) in [5, 5.41) is 16.5. The van der Waals surface area contributed by atoms with Crippen molar-refractivity contribution in [1.82, 2.24) is 15.1 Å². The molecular formula is C14H21N3O3. The Balaban J connectivity index is 2.16. The van der Waals surface area contributed by atoms with Crippen LogP contribution in [0.4, 0.5) is 0 Å². The van der Waals surface area contributed by atoms with Gasteiger partial charge in [-0.2, -0.15) is 5.10 Å². The van der Waals surface area contributed by atoms with Crippen LogP contribution in [0.15, 0.2) is 16.9 Å². The molecule has 6 heteroatoms. The summed E-state index contributed by atoms with van der Waals surface area (Å²) in [6.45, 7) is 4.44. The maximum absolute atomic E-state index is 12.4. The third-order valence-corrected chi connectivity index (χ3v) is 4.01. The molecule has 6 nitrogen and oxygen atoms in total. The predicted octanol–water partition coefficient (Wildman–Crippen LogP) is 0.840. The summed E-state index contributed by atoms with van der Waals surface area (Å²) in [5.41, 5.74) is 0.413. The van der Waals surface area contributed by atoms with Crippen molar-refractivity contribution in [3.63, 3.8) is 0 Å². The summed E-state index contributed by atoms with van der Waals surface area (Å²) in [4.78, 5) is 25.1. The Hall–Kier alpha value is -1.69. The molecule has 1 aromatic heterocycles. The number of hydrogen-bond acceptors (Lipinski definition) is 4. The van der Waals surface area contributed by atoms with Crippen LogP contribution in [0.1, 0.15) is 44.8 Å². The molecule has 0 radical (unpaired) electrons. The minimum atomic E-state index is -0.969. The molecule has 0 saturated carbocycles. The highest BCUT2D eigenvalue weighted by molar-refractivity contribution is 5.81. The van der Waals surface area contributed by atoms with Gasteiger partial charge in [0.25, 0.3) is 11.5 Å². The number of carbonyl (C=O) groups is 1. The number of aromatic nitrogens is 2. The molecule has 20 heavy (non-hydrogen) atoms. The van der Waals surface area contributed by atoms with Gasteiger partial charge in [0.2, 0.25) is 0 Å². The smallest absolute Gasteiger partial charge is 0.264 e. The molecule has 1 aliphatic rings. The lowest BCUT2D eigenvalue weighted by Crippen LogP contribution is -2.41. The van der Waals surface area contributed by atoms with Crippen LogP contribution in [0.25, 0.3) is 0 Å². The van der Waals surface area contributed by atoms with Gasteiger partial charge in [0.15, 0.2) is 0 Å². The quantitative estimate of drug-likeness (QED) is 0.855. The van der Waals surface area contributed by atoms with Crippen molar-refractivity contribution < 1.29 is 9.90 Å². The highest BCUT2D eigenvalue weighted by Crippen LogP contribution is 2.31. The molecule has 3 unspecified atom stereocenters. The Morgan fingerprint density at radius 3 is 2.95 bits per heavy atom. The molecule has 0 aliphatic carbocycles. The minimum Gasteiger partial charge on any atom is -0.383 e. The molecule has 1 fully saturated rings. The van der Waals surface area contributed by atoms with Crippen LogP contribution in [0.3, 0.4) is 0 Å². The Kier molecular flexibility index (Phi) is 4.54. The molecule has 1 aliphatic heterocycles. The zero-order chi connectivity index (χ0) is 14.7. The summed E-state index contributed by atoms with van der Waals surface area (Å²) in [6, 6.07) is 2.90. The summed E-state index contributed by atoms with van der Waals surface area (Å²) in [7, 11) is 0. The van der Waals surface area contributed by atoms with E-state index in [4.69, 9.17) is 0 Å². The topological polar surface area (TPSA) is 86.3 Å². The second kappa shape index (κ2) is 6.17. The third-order valence-electron chi connectivity index (χ3n) is 4.01. The standard InChI is InChI=1S/C14H21N3O3/c1-3-9(2)13(19)14(20)17-8-4-5-11(17)10-6-7-12(18)16-15-10/h6-7,9,11,13,19H,3-5,8H2,1-2H3,(H,16,18). The molecule has 0 bridgehead atoms. The Labute approximate surface area is 117 Å². The monoisotopic (exact) mass is 279 g/mol. The van der Waals surface area contributed by atoms with Gasteiger partial charge in [-0.25, -0.2) is 5.10 Å². The van der Waals surface area contributed by atoms with E-state index < -0.39 is 6.10 Å². The Morgan fingerprint density at radius 1 is 1.60 bits per heavy atom. The van der Waals surface area contributed by atoms with E-state index in [1.165, 1.54) is 6.07 Å². The van der Waals surface area contributed by atoms with E-state index in [9.17, 15) is 14.7 Å². The fourth-order valence-corrected chi connectivity index (χ4v) is 2.52. The van der Waals surface area contributed by atoms with E-state index in [1.54, 1.807) is 11.0 Å². The number of nitrogens with zero attached hydrogens (tertiary/aromatic N) is 2. The Bertz CT molecular complexity index is 508. The highest BCUT2D eigenvalue weighted by atomic mass is 16.3. The number of rotatable bonds is 4. The van der Waals surface area contributed by atoms with Crippen molar-refractivity contribution in [2.45, 2.75) is 45.3 Å². The summed E-state index contributed by atoms with van der Waals surface area (Å²) in [5.74, 6) is -0.304. The normalized spacial score (nSPS) is 21.8. The van der Waals surface area contributed by atoms with Gasteiger partial charge in [0, 0.05) is 12.6 Å².